The van der Waals surface area contributed by atoms with Gasteiger partial charge in [0, 0.05) is 12.5 Å². The van der Waals surface area contributed by atoms with E-state index in [0.29, 0.717) is 0 Å². The van der Waals surface area contributed by atoms with Gasteiger partial charge in [-0.25, -0.2) is 6.57 Å². The van der Waals surface area contributed by atoms with Gasteiger partial charge < -0.3 is 9.58 Å². The highest BCUT2D eigenvalue weighted by Crippen LogP contribution is 2.19. The maximum atomic E-state index is 6.84. The highest BCUT2D eigenvalue weighted by Gasteiger charge is 2.06. The number of benzene rings is 1. The van der Waals surface area contributed by atoms with E-state index in [1.807, 2.05) is 31.2 Å². The molecule has 0 saturated carbocycles. The van der Waals surface area contributed by atoms with Crippen LogP contribution in [0.15, 0.2) is 24.3 Å². The molecule has 62 valence electrons. The first kappa shape index (κ1) is 8.61. The number of rotatable bonds is 2. The number of hydrogen-bond donors (Lipinski definition) is 0. The van der Waals surface area contributed by atoms with E-state index >= 15 is 0 Å². The summed E-state index contributed by atoms with van der Waals surface area (Å²) in [4.78, 5) is 3.42. The molecule has 0 N–H and O–H groups in total. The summed E-state index contributed by atoms with van der Waals surface area (Å²) in [5, 5.41) is 0. The Hall–Kier alpha value is -1.49. The van der Waals surface area contributed by atoms with Gasteiger partial charge in [-0.05, 0) is 24.3 Å². The van der Waals surface area contributed by atoms with Gasteiger partial charge in [-0.1, -0.05) is 0 Å². The van der Waals surface area contributed by atoms with Crippen LogP contribution < -0.4 is 4.74 Å². The fourth-order valence-electron chi connectivity index (χ4n) is 0.957. The molecular weight excluding hydrogens is 150 g/mol. The van der Waals surface area contributed by atoms with E-state index in [9.17, 15) is 0 Å². The zero-order valence-electron chi connectivity index (χ0n) is 7.24. The van der Waals surface area contributed by atoms with Crippen LogP contribution in [0.4, 0.5) is 0 Å². The van der Waals surface area contributed by atoms with E-state index in [1.54, 1.807) is 7.11 Å². The maximum Gasteiger partial charge on any atom is 0.245 e. The first-order valence-electron chi connectivity index (χ1n) is 3.78. The third-order valence-electron chi connectivity index (χ3n) is 1.79. The molecule has 2 heteroatoms. The molecule has 0 fully saturated rings. The standard InChI is InChI=1S/C10H11NO/c1-8(11-2)9-4-6-10(12-3)7-5-9/h4-8H,1,3H3. The van der Waals surface area contributed by atoms with Crippen LogP contribution in [0.25, 0.3) is 4.85 Å². The van der Waals surface area contributed by atoms with Crippen LogP contribution in [0.2, 0.25) is 0 Å². The Morgan fingerprint density at radius 1 is 1.33 bits per heavy atom. The van der Waals surface area contributed by atoms with Gasteiger partial charge in [0.1, 0.15) is 5.75 Å². The molecule has 12 heavy (non-hydrogen) atoms. The molecule has 0 aliphatic carbocycles. The summed E-state index contributed by atoms with van der Waals surface area (Å²) >= 11 is 0. The minimum absolute atomic E-state index is 0.0593. The molecule has 1 aromatic carbocycles. The minimum Gasteiger partial charge on any atom is -0.497 e. The van der Waals surface area contributed by atoms with Crippen molar-refractivity contribution in [2.24, 2.45) is 0 Å². The lowest BCUT2D eigenvalue weighted by Crippen LogP contribution is -1.87. The largest absolute Gasteiger partial charge is 0.497 e. The summed E-state index contributed by atoms with van der Waals surface area (Å²) in [6, 6.07) is 7.52. The average molecular weight is 161 g/mol. The summed E-state index contributed by atoms with van der Waals surface area (Å²) in [5.74, 6) is 0.830. The van der Waals surface area contributed by atoms with Crippen molar-refractivity contribution in [3.05, 3.63) is 41.2 Å². The van der Waals surface area contributed by atoms with Gasteiger partial charge in [0.2, 0.25) is 6.04 Å². The molecule has 0 saturated heterocycles. The molecule has 0 aliphatic rings. The first-order valence-corrected chi connectivity index (χ1v) is 3.78. The molecule has 1 rings (SSSR count). The second-order valence-corrected chi connectivity index (χ2v) is 2.58. The summed E-state index contributed by atoms with van der Waals surface area (Å²) in [5.41, 5.74) is 1.03. The Balaban J connectivity index is 2.86. The van der Waals surface area contributed by atoms with Crippen molar-refractivity contribution in [3.8, 4) is 5.75 Å². The van der Waals surface area contributed by atoms with Crippen LogP contribution in [0.5, 0.6) is 5.75 Å². The maximum absolute atomic E-state index is 6.84. The topological polar surface area (TPSA) is 13.6 Å². The zero-order valence-corrected chi connectivity index (χ0v) is 7.24. The predicted molar refractivity (Wildman–Crippen MR) is 48.0 cm³/mol. The predicted octanol–water partition coefficient (Wildman–Crippen LogP) is 2.68. The summed E-state index contributed by atoms with van der Waals surface area (Å²) in [7, 11) is 1.63. The molecule has 0 aliphatic heterocycles. The third kappa shape index (κ3) is 1.76. The monoisotopic (exact) mass is 161 g/mol. The molecular formula is C10H11NO. The quantitative estimate of drug-likeness (QED) is 0.608. The smallest absolute Gasteiger partial charge is 0.245 e. The van der Waals surface area contributed by atoms with E-state index in [-0.39, 0.29) is 6.04 Å². The normalized spacial score (nSPS) is 11.8. The number of nitrogens with zero attached hydrogens (tertiary/aromatic N) is 1. The van der Waals surface area contributed by atoms with Crippen LogP contribution in [0.1, 0.15) is 18.5 Å². The molecule has 1 atom stereocenters. The van der Waals surface area contributed by atoms with Crippen LogP contribution in [-0.2, 0) is 0 Å². The van der Waals surface area contributed by atoms with Crippen LogP contribution in [0.3, 0.4) is 0 Å². The lowest BCUT2D eigenvalue weighted by molar-refractivity contribution is 0.414. The second kappa shape index (κ2) is 3.77. The fourth-order valence-corrected chi connectivity index (χ4v) is 0.957. The van der Waals surface area contributed by atoms with Crippen LogP contribution in [0, 0.1) is 6.57 Å². The van der Waals surface area contributed by atoms with Crippen molar-refractivity contribution in [2.75, 3.05) is 7.11 Å². The van der Waals surface area contributed by atoms with E-state index in [2.05, 4.69) is 4.85 Å². The molecule has 0 bridgehead atoms. The van der Waals surface area contributed by atoms with Crippen molar-refractivity contribution in [1.82, 2.24) is 0 Å². The molecule has 0 aromatic heterocycles. The summed E-state index contributed by atoms with van der Waals surface area (Å²) in [6.45, 7) is 8.72. The molecule has 2 nitrogen and oxygen atoms in total. The average Bonchev–Trinajstić information content (AvgIpc) is 2.17. The second-order valence-electron chi connectivity index (χ2n) is 2.58. The molecule has 0 heterocycles. The Morgan fingerprint density at radius 3 is 2.33 bits per heavy atom. The lowest BCUT2D eigenvalue weighted by atomic mass is 10.1. The van der Waals surface area contributed by atoms with Crippen molar-refractivity contribution >= 4 is 0 Å². The van der Waals surface area contributed by atoms with E-state index in [0.717, 1.165) is 11.3 Å². The molecule has 0 amide bonds. The zero-order chi connectivity index (χ0) is 8.97. The summed E-state index contributed by atoms with van der Waals surface area (Å²) < 4.78 is 5.01. The van der Waals surface area contributed by atoms with Crippen LogP contribution in [-0.4, -0.2) is 7.11 Å². The molecule has 0 spiro atoms. The molecule has 1 unspecified atom stereocenters. The Labute approximate surface area is 72.6 Å². The minimum atomic E-state index is -0.0593. The van der Waals surface area contributed by atoms with Crippen molar-refractivity contribution in [2.45, 2.75) is 13.0 Å². The van der Waals surface area contributed by atoms with Gasteiger partial charge in [-0.3, -0.25) is 0 Å². The van der Waals surface area contributed by atoms with Crippen molar-refractivity contribution in [3.63, 3.8) is 0 Å². The van der Waals surface area contributed by atoms with Gasteiger partial charge >= 0.3 is 0 Å². The highest BCUT2D eigenvalue weighted by molar-refractivity contribution is 5.29. The first-order chi connectivity index (χ1) is 5.77. The van der Waals surface area contributed by atoms with Crippen molar-refractivity contribution < 1.29 is 4.74 Å². The number of methoxy groups -OCH3 is 1. The van der Waals surface area contributed by atoms with Gasteiger partial charge in [0.05, 0.1) is 7.11 Å². The molecule has 1 aromatic rings. The molecule has 0 radical (unpaired) electrons. The van der Waals surface area contributed by atoms with Crippen molar-refractivity contribution in [1.29, 1.82) is 0 Å². The fraction of sp³-hybridized carbons (Fsp3) is 0.300. The third-order valence-corrected chi connectivity index (χ3v) is 1.79. The van der Waals surface area contributed by atoms with Gasteiger partial charge in [0.25, 0.3) is 0 Å². The van der Waals surface area contributed by atoms with E-state index in [4.69, 9.17) is 11.3 Å². The Morgan fingerprint density at radius 2 is 1.92 bits per heavy atom. The Bertz CT molecular complexity index is 284. The number of hydrogen-bond acceptors (Lipinski definition) is 1. The number of ether oxygens (including phenoxy) is 1. The lowest BCUT2D eigenvalue weighted by Gasteiger charge is -2.01. The SMILES string of the molecule is [C-]#[N+]C(C)c1ccc(OC)cc1. The Kier molecular flexibility index (Phi) is 2.71. The summed E-state index contributed by atoms with van der Waals surface area (Å²) in [6.07, 6.45) is 0. The van der Waals surface area contributed by atoms with E-state index in [1.165, 1.54) is 0 Å². The highest BCUT2D eigenvalue weighted by atomic mass is 16.5. The van der Waals surface area contributed by atoms with Gasteiger partial charge in [-0.15, -0.1) is 0 Å². The van der Waals surface area contributed by atoms with Gasteiger partial charge in [-0.2, -0.15) is 0 Å². The van der Waals surface area contributed by atoms with E-state index < -0.39 is 0 Å². The van der Waals surface area contributed by atoms with Gasteiger partial charge in [0.15, 0.2) is 0 Å². The van der Waals surface area contributed by atoms with Crippen LogP contribution >= 0.6 is 0 Å².